The van der Waals surface area contributed by atoms with Crippen LogP contribution >= 0.6 is 0 Å². The van der Waals surface area contributed by atoms with E-state index in [9.17, 15) is 9.59 Å². The molecule has 7 heteroatoms. The lowest BCUT2D eigenvalue weighted by molar-refractivity contribution is 0.0694. The fraction of sp³-hybridized carbons (Fsp3) is 0.250. The average molecular weight is 319 g/mol. The van der Waals surface area contributed by atoms with Crippen molar-refractivity contribution in [1.82, 2.24) is 4.57 Å². The van der Waals surface area contributed by atoms with E-state index in [1.54, 1.807) is 12.1 Å². The third-order valence-corrected chi connectivity index (χ3v) is 3.33. The molecule has 0 saturated carbocycles. The van der Waals surface area contributed by atoms with E-state index in [4.69, 9.17) is 19.3 Å². The number of aromatic nitrogens is 1. The van der Waals surface area contributed by atoms with Crippen LogP contribution in [0.5, 0.6) is 17.2 Å². The zero-order valence-electron chi connectivity index (χ0n) is 13.0. The van der Waals surface area contributed by atoms with E-state index in [1.807, 2.05) is 0 Å². The number of aromatic carboxylic acids is 1. The maximum absolute atomic E-state index is 12.1. The predicted molar refractivity (Wildman–Crippen MR) is 82.9 cm³/mol. The topological polar surface area (TPSA) is 87.0 Å². The second kappa shape index (κ2) is 6.87. The number of methoxy groups -OCH3 is 3. The van der Waals surface area contributed by atoms with Crippen molar-refractivity contribution >= 4 is 5.97 Å². The predicted octanol–water partition coefficient (Wildman–Crippen LogP) is 1.62. The second-order valence-corrected chi connectivity index (χ2v) is 4.69. The molecule has 7 nitrogen and oxygen atoms in total. The lowest BCUT2D eigenvalue weighted by Crippen LogP contribution is -2.26. The number of nitrogens with zero attached hydrogens (tertiary/aromatic N) is 1. The van der Waals surface area contributed by atoms with Crippen molar-refractivity contribution in [3.05, 3.63) is 51.9 Å². The molecule has 0 bridgehead atoms. The SMILES string of the molecule is COc1cc(Cn2cccc(C(=O)O)c2=O)cc(OC)c1OC. The summed E-state index contributed by atoms with van der Waals surface area (Å²) >= 11 is 0. The van der Waals surface area contributed by atoms with Crippen molar-refractivity contribution in [2.24, 2.45) is 0 Å². The Balaban J connectivity index is 2.47. The highest BCUT2D eigenvalue weighted by Crippen LogP contribution is 2.38. The van der Waals surface area contributed by atoms with E-state index < -0.39 is 11.5 Å². The summed E-state index contributed by atoms with van der Waals surface area (Å²) in [5.74, 6) is 0.119. The highest BCUT2D eigenvalue weighted by molar-refractivity contribution is 5.86. The summed E-state index contributed by atoms with van der Waals surface area (Å²) in [6.45, 7) is 0.177. The number of carbonyl (C=O) groups is 1. The molecule has 0 saturated heterocycles. The quantitative estimate of drug-likeness (QED) is 0.870. The normalized spacial score (nSPS) is 10.2. The van der Waals surface area contributed by atoms with Gasteiger partial charge in [0, 0.05) is 6.20 Å². The average Bonchev–Trinajstić information content (AvgIpc) is 2.55. The molecule has 2 rings (SSSR count). The van der Waals surface area contributed by atoms with E-state index in [-0.39, 0.29) is 12.1 Å². The summed E-state index contributed by atoms with van der Waals surface area (Å²) in [4.78, 5) is 23.2. The van der Waals surface area contributed by atoms with Crippen LogP contribution in [0.25, 0.3) is 0 Å². The van der Waals surface area contributed by atoms with Crippen LogP contribution in [0, 0.1) is 0 Å². The third-order valence-electron chi connectivity index (χ3n) is 3.33. The van der Waals surface area contributed by atoms with Crippen molar-refractivity contribution in [2.75, 3.05) is 21.3 Å². The molecule has 0 atom stereocenters. The number of hydrogen-bond donors (Lipinski definition) is 1. The molecule has 1 aromatic carbocycles. The summed E-state index contributed by atoms with van der Waals surface area (Å²) in [6, 6.07) is 6.21. The van der Waals surface area contributed by atoms with Crippen LogP contribution in [0.2, 0.25) is 0 Å². The molecule has 1 N–H and O–H groups in total. The number of benzene rings is 1. The van der Waals surface area contributed by atoms with Gasteiger partial charge in [0.1, 0.15) is 5.56 Å². The fourth-order valence-corrected chi connectivity index (χ4v) is 2.25. The Morgan fingerprint density at radius 1 is 1.13 bits per heavy atom. The Hall–Kier alpha value is -2.96. The van der Waals surface area contributed by atoms with Gasteiger partial charge in [-0.2, -0.15) is 0 Å². The molecule has 0 aliphatic carbocycles. The molecule has 23 heavy (non-hydrogen) atoms. The van der Waals surface area contributed by atoms with Crippen LogP contribution in [0.15, 0.2) is 35.3 Å². The van der Waals surface area contributed by atoms with Gasteiger partial charge in [-0.05, 0) is 29.8 Å². The second-order valence-electron chi connectivity index (χ2n) is 4.69. The van der Waals surface area contributed by atoms with Gasteiger partial charge < -0.3 is 23.9 Å². The van der Waals surface area contributed by atoms with Gasteiger partial charge in [-0.15, -0.1) is 0 Å². The number of carboxylic acids is 1. The number of hydrogen-bond acceptors (Lipinski definition) is 5. The minimum atomic E-state index is -1.26. The minimum absolute atomic E-state index is 0.177. The lowest BCUT2D eigenvalue weighted by atomic mass is 10.1. The summed E-state index contributed by atoms with van der Waals surface area (Å²) in [6.07, 6.45) is 1.53. The first-order chi connectivity index (χ1) is 11.0. The highest BCUT2D eigenvalue weighted by atomic mass is 16.5. The molecular formula is C16H17NO6. The summed E-state index contributed by atoms with van der Waals surface area (Å²) in [5, 5.41) is 9.02. The molecule has 1 heterocycles. The molecule has 0 radical (unpaired) electrons. The molecule has 0 spiro atoms. The first-order valence-electron chi connectivity index (χ1n) is 6.73. The van der Waals surface area contributed by atoms with E-state index in [1.165, 1.54) is 44.2 Å². The molecule has 0 unspecified atom stereocenters. The van der Waals surface area contributed by atoms with Crippen molar-refractivity contribution in [3.8, 4) is 17.2 Å². The fourth-order valence-electron chi connectivity index (χ4n) is 2.25. The third kappa shape index (κ3) is 3.28. The Bertz CT molecular complexity index is 755. The number of carboxylic acid groups (broad SMARTS) is 1. The van der Waals surface area contributed by atoms with Crippen molar-refractivity contribution in [2.45, 2.75) is 6.54 Å². The largest absolute Gasteiger partial charge is 0.493 e. The standard InChI is InChI=1S/C16H17NO6/c1-21-12-7-10(8-13(22-2)14(12)23-3)9-17-6-4-5-11(15(17)18)16(19)20/h4-8H,9H2,1-3H3,(H,19,20). The molecule has 2 aromatic rings. The van der Waals surface area contributed by atoms with Crippen LogP contribution in [-0.4, -0.2) is 37.0 Å². The Morgan fingerprint density at radius 2 is 1.74 bits per heavy atom. The maximum atomic E-state index is 12.1. The molecule has 0 amide bonds. The minimum Gasteiger partial charge on any atom is -0.493 e. The van der Waals surface area contributed by atoms with Gasteiger partial charge in [0.05, 0.1) is 27.9 Å². The van der Waals surface area contributed by atoms with Crippen LogP contribution in [0.4, 0.5) is 0 Å². The number of pyridine rings is 1. The summed E-state index contributed by atoms with van der Waals surface area (Å²) < 4.78 is 17.1. The van der Waals surface area contributed by atoms with Gasteiger partial charge >= 0.3 is 5.97 Å². The lowest BCUT2D eigenvalue weighted by Gasteiger charge is -2.15. The molecule has 1 aromatic heterocycles. The number of rotatable bonds is 6. The summed E-state index contributed by atoms with van der Waals surface area (Å²) in [5.41, 5.74) is -0.141. The molecule has 0 aliphatic heterocycles. The molecule has 0 fully saturated rings. The van der Waals surface area contributed by atoms with Gasteiger partial charge in [-0.1, -0.05) is 0 Å². The number of ether oxygens (including phenoxy) is 3. The van der Waals surface area contributed by atoms with Crippen LogP contribution < -0.4 is 19.8 Å². The smallest absolute Gasteiger partial charge is 0.341 e. The van der Waals surface area contributed by atoms with Crippen molar-refractivity contribution in [1.29, 1.82) is 0 Å². The van der Waals surface area contributed by atoms with Gasteiger partial charge in [-0.25, -0.2) is 4.79 Å². The van der Waals surface area contributed by atoms with Gasteiger partial charge in [0.15, 0.2) is 11.5 Å². The Morgan fingerprint density at radius 3 is 2.22 bits per heavy atom. The first-order valence-corrected chi connectivity index (χ1v) is 6.73. The monoisotopic (exact) mass is 319 g/mol. The van der Waals surface area contributed by atoms with Crippen LogP contribution in [-0.2, 0) is 6.54 Å². The first kappa shape index (κ1) is 16.4. The Kier molecular flexibility index (Phi) is 4.90. The van der Waals surface area contributed by atoms with Gasteiger partial charge in [0.2, 0.25) is 5.75 Å². The van der Waals surface area contributed by atoms with Crippen LogP contribution in [0.3, 0.4) is 0 Å². The zero-order chi connectivity index (χ0) is 17.0. The summed E-state index contributed by atoms with van der Waals surface area (Å²) in [7, 11) is 4.50. The van der Waals surface area contributed by atoms with E-state index in [0.29, 0.717) is 22.8 Å². The zero-order valence-corrected chi connectivity index (χ0v) is 13.0. The molecule has 0 aliphatic rings. The van der Waals surface area contributed by atoms with E-state index in [0.717, 1.165) is 0 Å². The van der Waals surface area contributed by atoms with E-state index >= 15 is 0 Å². The van der Waals surface area contributed by atoms with Crippen LogP contribution in [0.1, 0.15) is 15.9 Å². The highest BCUT2D eigenvalue weighted by Gasteiger charge is 2.15. The van der Waals surface area contributed by atoms with Crippen molar-refractivity contribution in [3.63, 3.8) is 0 Å². The molecule has 122 valence electrons. The van der Waals surface area contributed by atoms with E-state index in [2.05, 4.69) is 0 Å². The molecular weight excluding hydrogens is 302 g/mol. The van der Waals surface area contributed by atoms with Gasteiger partial charge in [0.25, 0.3) is 5.56 Å². The maximum Gasteiger partial charge on any atom is 0.341 e. The Labute approximate surface area is 132 Å². The van der Waals surface area contributed by atoms with Crippen molar-refractivity contribution < 1.29 is 24.1 Å². The van der Waals surface area contributed by atoms with Gasteiger partial charge in [-0.3, -0.25) is 4.79 Å².